The van der Waals surface area contributed by atoms with Crippen molar-refractivity contribution in [2.45, 2.75) is 48.5 Å². The molecule has 0 aliphatic rings. The van der Waals surface area contributed by atoms with E-state index in [0.29, 0.717) is 22.7 Å². The monoisotopic (exact) mass is 182 g/mol. The van der Waals surface area contributed by atoms with Crippen LogP contribution in [-0.2, 0) is 0 Å². The molecule has 0 aromatic heterocycles. The molecular formula is C13H26. The molecule has 0 heterocycles. The molecule has 0 heteroatoms. The van der Waals surface area contributed by atoms with Crippen molar-refractivity contribution in [3.05, 3.63) is 12.7 Å². The van der Waals surface area contributed by atoms with Gasteiger partial charge in [-0.05, 0) is 22.7 Å². The lowest BCUT2D eigenvalue weighted by atomic mass is 9.65. The molecule has 0 aromatic rings. The third kappa shape index (κ3) is 3.54. The second-order valence-corrected chi connectivity index (χ2v) is 6.28. The highest BCUT2D eigenvalue weighted by molar-refractivity contribution is 4.94. The highest BCUT2D eigenvalue weighted by atomic mass is 14.4. The second-order valence-electron chi connectivity index (χ2n) is 6.28. The van der Waals surface area contributed by atoms with Crippen LogP contribution in [-0.4, -0.2) is 0 Å². The van der Waals surface area contributed by atoms with Crippen LogP contribution in [0.2, 0.25) is 0 Å². The molecule has 0 spiro atoms. The summed E-state index contributed by atoms with van der Waals surface area (Å²) in [6, 6.07) is 0. The highest BCUT2D eigenvalue weighted by Gasteiger charge is 2.33. The zero-order valence-corrected chi connectivity index (χ0v) is 10.4. The van der Waals surface area contributed by atoms with E-state index in [4.69, 9.17) is 0 Å². The van der Waals surface area contributed by atoms with Crippen molar-refractivity contribution in [1.29, 1.82) is 0 Å². The summed E-state index contributed by atoms with van der Waals surface area (Å²) in [5, 5.41) is 0. The summed E-state index contributed by atoms with van der Waals surface area (Å²) in [4.78, 5) is 0. The number of allylic oxidation sites excluding steroid dienone is 1. The van der Waals surface area contributed by atoms with Crippen LogP contribution < -0.4 is 0 Å². The van der Waals surface area contributed by atoms with Gasteiger partial charge >= 0.3 is 0 Å². The van der Waals surface area contributed by atoms with Gasteiger partial charge in [-0.25, -0.2) is 0 Å². The summed E-state index contributed by atoms with van der Waals surface area (Å²) in [6.07, 6.45) is 2.12. The Morgan fingerprint density at radius 2 is 1.31 bits per heavy atom. The van der Waals surface area contributed by atoms with E-state index in [1.807, 2.05) is 0 Å². The van der Waals surface area contributed by atoms with Crippen LogP contribution in [0.15, 0.2) is 12.7 Å². The quantitative estimate of drug-likeness (QED) is 0.551. The van der Waals surface area contributed by atoms with Gasteiger partial charge in [0.2, 0.25) is 0 Å². The van der Waals surface area contributed by atoms with Crippen LogP contribution in [0.1, 0.15) is 48.5 Å². The molecule has 0 nitrogen and oxygen atoms in total. The van der Waals surface area contributed by atoms with Crippen LogP contribution in [0.3, 0.4) is 0 Å². The van der Waals surface area contributed by atoms with Crippen molar-refractivity contribution in [2.75, 3.05) is 0 Å². The molecule has 2 unspecified atom stereocenters. The van der Waals surface area contributed by atoms with Crippen molar-refractivity contribution >= 4 is 0 Å². The van der Waals surface area contributed by atoms with E-state index in [-0.39, 0.29) is 0 Å². The van der Waals surface area contributed by atoms with Gasteiger partial charge in [0.1, 0.15) is 0 Å². The van der Waals surface area contributed by atoms with E-state index in [1.165, 1.54) is 0 Å². The summed E-state index contributed by atoms with van der Waals surface area (Å²) in [7, 11) is 0. The fraction of sp³-hybridized carbons (Fsp3) is 0.846. The number of hydrogen-bond acceptors (Lipinski definition) is 0. The van der Waals surface area contributed by atoms with Crippen molar-refractivity contribution in [3.8, 4) is 0 Å². The Labute approximate surface area is 84.4 Å². The lowest BCUT2D eigenvalue weighted by Gasteiger charge is -2.40. The second kappa shape index (κ2) is 3.86. The van der Waals surface area contributed by atoms with Gasteiger partial charge in [-0.1, -0.05) is 54.5 Å². The Morgan fingerprint density at radius 3 is 1.38 bits per heavy atom. The molecule has 78 valence electrons. The zero-order valence-electron chi connectivity index (χ0n) is 10.4. The lowest BCUT2D eigenvalue weighted by Crippen LogP contribution is -2.32. The summed E-state index contributed by atoms with van der Waals surface area (Å²) < 4.78 is 0. The fourth-order valence-corrected chi connectivity index (χ4v) is 1.85. The van der Waals surface area contributed by atoms with Gasteiger partial charge in [0.05, 0.1) is 0 Å². The highest BCUT2D eigenvalue weighted by Crippen LogP contribution is 2.41. The first-order valence-corrected chi connectivity index (χ1v) is 5.23. The molecule has 0 aliphatic heterocycles. The summed E-state index contributed by atoms with van der Waals surface area (Å²) in [5.74, 6) is 1.26. The minimum Gasteiger partial charge on any atom is -0.103 e. The minimum atomic E-state index is 0.328. The summed E-state index contributed by atoms with van der Waals surface area (Å²) in [6.45, 7) is 20.1. The van der Waals surface area contributed by atoms with Crippen LogP contribution in [0, 0.1) is 22.7 Å². The Hall–Kier alpha value is -0.260. The van der Waals surface area contributed by atoms with Crippen molar-refractivity contribution in [3.63, 3.8) is 0 Å². The molecule has 13 heavy (non-hydrogen) atoms. The van der Waals surface area contributed by atoms with E-state index >= 15 is 0 Å². The van der Waals surface area contributed by atoms with Gasteiger partial charge in [0.15, 0.2) is 0 Å². The molecule has 0 bridgehead atoms. The maximum Gasteiger partial charge on any atom is -0.0157 e. The van der Waals surface area contributed by atoms with E-state index < -0.39 is 0 Å². The number of rotatable bonds is 2. The largest absolute Gasteiger partial charge is 0.103 e. The summed E-state index contributed by atoms with van der Waals surface area (Å²) in [5.41, 5.74) is 0.695. The molecule has 0 radical (unpaired) electrons. The van der Waals surface area contributed by atoms with Crippen molar-refractivity contribution in [2.24, 2.45) is 22.7 Å². The standard InChI is InChI=1S/C13H26/c1-9-11(13(6,7)8)10(2)12(3,4)5/h9-11H,1H2,2-8H3. The lowest BCUT2D eigenvalue weighted by molar-refractivity contribution is 0.121. The van der Waals surface area contributed by atoms with E-state index in [2.05, 4.69) is 61.1 Å². The van der Waals surface area contributed by atoms with Crippen LogP contribution in [0.4, 0.5) is 0 Å². The molecule has 0 aliphatic carbocycles. The topological polar surface area (TPSA) is 0 Å². The van der Waals surface area contributed by atoms with Crippen LogP contribution >= 0.6 is 0 Å². The van der Waals surface area contributed by atoms with Gasteiger partial charge < -0.3 is 0 Å². The average molecular weight is 182 g/mol. The molecule has 0 aromatic carbocycles. The van der Waals surface area contributed by atoms with Gasteiger partial charge in [-0.2, -0.15) is 0 Å². The molecular weight excluding hydrogens is 156 g/mol. The SMILES string of the molecule is C=CC(C(C)C(C)(C)C)C(C)(C)C. The molecule has 0 N–H and O–H groups in total. The predicted molar refractivity (Wildman–Crippen MR) is 61.8 cm³/mol. The maximum atomic E-state index is 3.96. The predicted octanol–water partition coefficient (Wildman–Crippen LogP) is 4.52. The Kier molecular flexibility index (Phi) is 3.78. The molecule has 0 fully saturated rings. The Morgan fingerprint density at radius 1 is 0.923 bits per heavy atom. The maximum absolute atomic E-state index is 3.96. The van der Waals surface area contributed by atoms with Gasteiger partial charge in [0, 0.05) is 0 Å². The van der Waals surface area contributed by atoms with Gasteiger partial charge in [-0.3, -0.25) is 0 Å². The fourth-order valence-electron chi connectivity index (χ4n) is 1.85. The molecule has 2 atom stereocenters. The normalized spacial score (nSPS) is 18.1. The smallest absolute Gasteiger partial charge is 0.0157 e. The Balaban J connectivity index is 4.71. The van der Waals surface area contributed by atoms with Gasteiger partial charge in [0.25, 0.3) is 0 Å². The third-order valence-electron chi connectivity index (χ3n) is 3.16. The first-order valence-electron chi connectivity index (χ1n) is 5.23. The van der Waals surface area contributed by atoms with E-state index in [1.54, 1.807) is 0 Å². The van der Waals surface area contributed by atoms with E-state index in [0.717, 1.165) is 0 Å². The Bertz CT molecular complexity index is 163. The zero-order chi connectivity index (χ0) is 10.9. The molecule has 0 amide bonds. The van der Waals surface area contributed by atoms with E-state index in [9.17, 15) is 0 Å². The van der Waals surface area contributed by atoms with Crippen molar-refractivity contribution in [1.82, 2.24) is 0 Å². The minimum absolute atomic E-state index is 0.328. The third-order valence-corrected chi connectivity index (χ3v) is 3.16. The van der Waals surface area contributed by atoms with Gasteiger partial charge in [-0.15, -0.1) is 6.58 Å². The molecule has 0 saturated heterocycles. The van der Waals surface area contributed by atoms with Crippen molar-refractivity contribution < 1.29 is 0 Å². The molecule has 0 rings (SSSR count). The first-order chi connectivity index (χ1) is 5.60. The molecule has 0 saturated carbocycles. The van der Waals surface area contributed by atoms with Crippen LogP contribution in [0.5, 0.6) is 0 Å². The number of hydrogen-bond donors (Lipinski definition) is 0. The average Bonchev–Trinajstić information content (AvgIpc) is 1.83. The summed E-state index contributed by atoms with van der Waals surface area (Å²) >= 11 is 0. The first kappa shape index (κ1) is 12.7. The van der Waals surface area contributed by atoms with Crippen LogP contribution in [0.25, 0.3) is 0 Å².